The zero-order valence-corrected chi connectivity index (χ0v) is 19.5. The van der Waals surface area contributed by atoms with Crippen LogP contribution in [-0.4, -0.2) is 32.3 Å². The maximum absolute atomic E-state index is 13.6. The molecule has 0 unspecified atom stereocenters. The van der Waals surface area contributed by atoms with Crippen molar-refractivity contribution in [2.24, 2.45) is 7.05 Å². The van der Waals surface area contributed by atoms with Crippen LogP contribution < -0.4 is 20.9 Å². The maximum Gasteiger partial charge on any atom is 0.332 e. The smallest absolute Gasteiger partial charge is 0.332 e. The van der Waals surface area contributed by atoms with E-state index >= 15 is 0 Å². The van der Waals surface area contributed by atoms with Crippen molar-refractivity contribution in [1.82, 2.24) is 18.7 Å². The van der Waals surface area contributed by atoms with E-state index in [0.717, 1.165) is 33.7 Å². The van der Waals surface area contributed by atoms with E-state index in [9.17, 15) is 9.59 Å². The molecule has 4 aromatic rings. The minimum Gasteiger partial charge on any atom is -0.495 e. The molecule has 3 heterocycles. The predicted octanol–water partition coefficient (Wildman–Crippen LogP) is 3.03. The lowest BCUT2D eigenvalue weighted by Gasteiger charge is -2.19. The Morgan fingerprint density at radius 3 is 2.48 bits per heavy atom. The first kappa shape index (κ1) is 21.1. The number of anilines is 2. The second kappa shape index (κ2) is 7.65. The Kier molecular flexibility index (Phi) is 4.88. The van der Waals surface area contributed by atoms with Crippen molar-refractivity contribution in [2.75, 3.05) is 18.6 Å². The van der Waals surface area contributed by atoms with Crippen molar-refractivity contribution in [3.63, 3.8) is 0 Å². The number of hydrogen-bond acceptors (Lipinski definition) is 5. The molecule has 0 bridgehead atoms. The highest BCUT2D eigenvalue weighted by Crippen LogP contribution is 2.37. The predicted molar refractivity (Wildman–Crippen MR) is 129 cm³/mol. The molecule has 2 aromatic heterocycles. The second-order valence-corrected chi connectivity index (χ2v) is 8.73. The van der Waals surface area contributed by atoms with Crippen molar-refractivity contribution in [1.29, 1.82) is 0 Å². The van der Waals surface area contributed by atoms with Crippen LogP contribution in [0.2, 0.25) is 0 Å². The summed E-state index contributed by atoms with van der Waals surface area (Å²) in [6.07, 6.45) is 0. The van der Waals surface area contributed by atoms with E-state index in [2.05, 4.69) is 0 Å². The Morgan fingerprint density at radius 2 is 1.73 bits per heavy atom. The van der Waals surface area contributed by atoms with Crippen molar-refractivity contribution >= 4 is 22.8 Å². The van der Waals surface area contributed by atoms with Crippen molar-refractivity contribution < 1.29 is 4.74 Å². The highest BCUT2D eigenvalue weighted by molar-refractivity contribution is 5.79. The number of ether oxygens (including phenoxy) is 1. The third-order valence-corrected chi connectivity index (χ3v) is 6.46. The SMILES string of the molecule is COc1ccc(C)cc1N1CCn2c1nc1c2c(=O)n(Cc2cc(C)ccc2C)c(=O)n1C. The highest BCUT2D eigenvalue weighted by atomic mass is 16.5. The largest absolute Gasteiger partial charge is 0.495 e. The summed E-state index contributed by atoms with van der Waals surface area (Å²) in [7, 11) is 3.31. The van der Waals surface area contributed by atoms with E-state index in [1.165, 1.54) is 9.13 Å². The summed E-state index contributed by atoms with van der Waals surface area (Å²) in [5.74, 6) is 1.38. The maximum atomic E-state index is 13.6. The molecule has 8 heteroatoms. The van der Waals surface area contributed by atoms with E-state index in [4.69, 9.17) is 9.72 Å². The van der Waals surface area contributed by atoms with Gasteiger partial charge in [-0.2, -0.15) is 4.98 Å². The Balaban J connectivity index is 1.69. The van der Waals surface area contributed by atoms with Crippen LogP contribution in [-0.2, 0) is 20.1 Å². The van der Waals surface area contributed by atoms with Gasteiger partial charge in [-0.3, -0.25) is 13.9 Å². The summed E-state index contributed by atoms with van der Waals surface area (Å²) in [6, 6.07) is 12.0. The van der Waals surface area contributed by atoms with Gasteiger partial charge in [-0.15, -0.1) is 0 Å². The van der Waals surface area contributed by atoms with Gasteiger partial charge in [0.25, 0.3) is 5.56 Å². The van der Waals surface area contributed by atoms with Crippen LogP contribution in [0.15, 0.2) is 46.0 Å². The van der Waals surface area contributed by atoms with Crippen LogP contribution >= 0.6 is 0 Å². The van der Waals surface area contributed by atoms with Gasteiger partial charge in [0.1, 0.15) is 5.75 Å². The average Bonchev–Trinajstić information content (AvgIpc) is 3.37. The summed E-state index contributed by atoms with van der Waals surface area (Å²) in [5.41, 5.74) is 5.26. The summed E-state index contributed by atoms with van der Waals surface area (Å²) in [6.45, 7) is 7.51. The van der Waals surface area contributed by atoms with Gasteiger partial charge in [0.15, 0.2) is 11.2 Å². The zero-order valence-electron chi connectivity index (χ0n) is 19.5. The number of aromatic nitrogens is 4. The Bertz CT molecular complexity index is 1530. The fourth-order valence-corrected chi connectivity index (χ4v) is 4.60. The summed E-state index contributed by atoms with van der Waals surface area (Å²) >= 11 is 0. The minimum atomic E-state index is -0.370. The summed E-state index contributed by atoms with van der Waals surface area (Å²) in [4.78, 5) is 33.5. The van der Waals surface area contributed by atoms with Crippen LogP contribution in [0.25, 0.3) is 11.2 Å². The van der Waals surface area contributed by atoms with Crippen molar-refractivity contribution in [2.45, 2.75) is 33.9 Å². The molecule has 1 aliphatic heterocycles. The normalized spacial score (nSPS) is 13.1. The van der Waals surface area contributed by atoms with E-state index < -0.39 is 0 Å². The lowest BCUT2D eigenvalue weighted by molar-refractivity contribution is 0.415. The van der Waals surface area contributed by atoms with Gasteiger partial charge in [-0.05, 0) is 49.6 Å². The highest BCUT2D eigenvalue weighted by Gasteiger charge is 2.30. The van der Waals surface area contributed by atoms with Gasteiger partial charge >= 0.3 is 5.69 Å². The van der Waals surface area contributed by atoms with Crippen LogP contribution in [0.3, 0.4) is 0 Å². The molecule has 0 saturated heterocycles. The molecule has 2 aromatic carbocycles. The third kappa shape index (κ3) is 3.25. The van der Waals surface area contributed by atoms with Gasteiger partial charge in [0, 0.05) is 20.1 Å². The first-order chi connectivity index (χ1) is 15.8. The lowest BCUT2D eigenvalue weighted by Crippen LogP contribution is -2.40. The number of hydrogen-bond donors (Lipinski definition) is 0. The number of benzene rings is 2. The van der Waals surface area contributed by atoms with Crippen LogP contribution in [0, 0.1) is 20.8 Å². The molecule has 170 valence electrons. The molecule has 0 aliphatic carbocycles. The third-order valence-electron chi connectivity index (χ3n) is 6.46. The van der Waals surface area contributed by atoms with Gasteiger partial charge in [0.05, 0.1) is 19.3 Å². The second-order valence-electron chi connectivity index (χ2n) is 8.73. The number of rotatable bonds is 4. The van der Waals surface area contributed by atoms with Gasteiger partial charge in [0.2, 0.25) is 5.95 Å². The fraction of sp³-hybridized carbons (Fsp3) is 0.320. The monoisotopic (exact) mass is 445 g/mol. The molecule has 0 spiro atoms. The Labute approximate surface area is 191 Å². The minimum absolute atomic E-state index is 0.227. The van der Waals surface area contributed by atoms with Crippen LogP contribution in [0.4, 0.5) is 11.6 Å². The molecular weight excluding hydrogens is 418 g/mol. The van der Waals surface area contributed by atoms with Crippen LogP contribution in [0.5, 0.6) is 5.75 Å². The summed E-state index contributed by atoms with van der Waals surface area (Å²) < 4.78 is 10.3. The molecule has 33 heavy (non-hydrogen) atoms. The molecule has 0 saturated carbocycles. The molecule has 1 aliphatic rings. The zero-order chi connectivity index (χ0) is 23.4. The fourth-order valence-electron chi connectivity index (χ4n) is 4.60. The summed E-state index contributed by atoms with van der Waals surface area (Å²) in [5, 5.41) is 0. The molecule has 0 N–H and O–H groups in total. The number of fused-ring (bicyclic) bond motifs is 3. The van der Waals surface area contributed by atoms with Gasteiger partial charge in [-0.1, -0.05) is 29.8 Å². The van der Waals surface area contributed by atoms with Crippen molar-refractivity contribution in [3.05, 3.63) is 79.5 Å². The molecule has 5 rings (SSSR count). The molecule has 0 fully saturated rings. The molecule has 0 amide bonds. The number of methoxy groups -OCH3 is 1. The molecule has 0 radical (unpaired) electrons. The first-order valence-electron chi connectivity index (χ1n) is 11.0. The first-order valence-corrected chi connectivity index (χ1v) is 11.0. The standard InChI is InChI=1S/C25H27N5O3/c1-15-6-8-17(3)18(12-15)14-30-23(31)21-22(27(4)25(30)32)26-24-28(10-11-29(21)24)19-13-16(2)7-9-20(19)33-5/h6-9,12-13H,10-11,14H2,1-5H3. The quantitative estimate of drug-likeness (QED) is 0.483. The molecular formula is C25H27N5O3. The lowest BCUT2D eigenvalue weighted by atomic mass is 10.1. The van der Waals surface area contributed by atoms with E-state index in [0.29, 0.717) is 30.2 Å². The number of imidazole rings is 1. The Hall–Kier alpha value is -3.81. The Morgan fingerprint density at radius 1 is 1.00 bits per heavy atom. The average molecular weight is 446 g/mol. The molecule has 0 atom stereocenters. The van der Waals surface area contributed by atoms with Crippen LogP contribution in [0.1, 0.15) is 22.3 Å². The number of aryl methyl sites for hydroxylation is 4. The van der Waals surface area contributed by atoms with Gasteiger partial charge in [-0.25, -0.2) is 4.79 Å². The topological polar surface area (TPSA) is 74.3 Å². The van der Waals surface area contributed by atoms with E-state index in [-0.39, 0.29) is 17.8 Å². The van der Waals surface area contributed by atoms with E-state index in [1.807, 2.05) is 66.6 Å². The molecule has 8 nitrogen and oxygen atoms in total. The van der Waals surface area contributed by atoms with Crippen molar-refractivity contribution in [3.8, 4) is 5.75 Å². The van der Waals surface area contributed by atoms with E-state index in [1.54, 1.807) is 14.2 Å². The number of nitrogens with zero attached hydrogens (tertiary/aromatic N) is 5. The van der Waals surface area contributed by atoms with Gasteiger partial charge < -0.3 is 14.2 Å².